The molecule has 4 nitrogen and oxygen atoms in total. The second-order valence-electron chi connectivity index (χ2n) is 5.24. The molecule has 1 saturated carbocycles. The predicted octanol–water partition coefficient (Wildman–Crippen LogP) is 3.29. The maximum atomic E-state index is 12.2. The van der Waals surface area contributed by atoms with Crippen LogP contribution in [-0.2, 0) is 19.4 Å². The summed E-state index contributed by atoms with van der Waals surface area (Å²) in [6.07, 6.45) is 7.64. The predicted molar refractivity (Wildman–Crippen MR) is 84.0 cm³/mol. The highest BCUT2D eigenvalue weighted by Gasteiger charge is 2.21. The molecule has 6 heteroatoms. The van der Waals surface area contributed by atoms with E-state index in [0.717, 1.165) is 24.2 Å². The topological polar surface area (TPSA) is 60.4 Å². The van der Waals surface area contributed by atoms with Gasteiger partial charge >= 0.3 is 5.97 Å². The van der Waals surface area contributed by atoms with E-state index in [9.17, 15) is 13.2 Å². The lowest BCUT2D eigenvalue weighted by Crippen LogP contribution is -2.07. The molecule has 0 aliphatic heterocycles. The third-order valence-electron chi connectivity index (χ3n) is 3.51. The Morgan fingerprint density at radius 1 is 1.38 bits per heavy atom. The lowest BCUT2D eigenvalue weighted by atomic mass is 10.0. The Morgan fingerprint density at radius 2 is 2.05 bits per heavy atom. The van der Waals surface area contributed by atoms with Crippen molar-refractivity contribution in [2.45, 2.75) is 36.8 Å². The zero-order valence-corrected chi connectivity index (χ0v) is 13.9. The molecule has 0 N–H and O–H groups in total. The van der Waals surface area contributed by atoms with Gasteiger partial charge in [0.05, 0.1) is 12.2 Å². The van der Waals surface area contributed by atoms with Crippen LogP contribution in [0.5, 0.6) is 0 Å². The molecule has 2 rings (SSSR count). The van der Waals surface area contributed by atoms with Crippen LogP contribution < -0.4 is 0 Å². The summed E-state index contributed by atoms with van der Waals surface area (Å²) in [4.78, 5) is 12.8. The number of sulfone groups is 1. The molecule has 1 aromatic rings. The molecular formula is C15H20O4S2. The van der Waals surface area contributed by atoms with Crippen LogP contribution in [0.1, 0.15) is 37.5 Å². The third kappa shape index (κ3) is 4.17. The van der Waals surface area contributed by atoms with Crippen molar-refractivity contribution in [2.24, 2.45) is 5.92 Å². The maximum Gasteiger partial charge on any atom is 0.339 e. The molecule has 0 bridgehead atoms. The van der Waals surface area contributed by atoms with Crippen molar-refractivity contribution in [3.63, 3.8) is 0 Å². The van der Waals surface area contributed by atoms with Gasteiger partial charge in [-0.15, -0.1) is 11.3 Å². The fourth-order valence-corrected chi connectivity index (χ4v) is 4.42. The lowest BCUT2D eigenvalue weighted by molar-refractivity contribution is -0.136. The SMILES string of the molecule is CCOC(=O)C(=CC1CCCC1)c1ccc(S(C)(=O)=O)s1. The summed E-state index contributed by atoms with van der Waals surface area (Å²) in [6.45, 7) is 2.08. The summed E-state index contributed by atoms with van der Waals surface area (Å²) in [5.41, 5.74) is 0.503. The Labute approximate surface area is 129 Å². The third-order valence-corrected chi connectivity index (χ3v) is 6.45. The van der Waals surface area contributed by atoms with Crippen LogP contribution in [0.3, 0.4) is 0 Å². The average Bonchev–Trinajstić information content (AvgIpc) is 3.06. The number of allylic oxidation sites excluding steroid dienone is 1. The molecular weight excluding hydrogens is 308 g/mol. The van der Waals surface area contributed by atoms with E-state index in [1.165, 1.54) is 19.1 Å². The first-order chi connectivity index (χ1) is 9.91. The smallest absolute Gasteiger partial charge is 0.339 e. The van der Waals surface area contributed by atoms with Gasteiger partial charge in [-0.05, 0) is 37.8 Å². The monoisotopic (exact) mass is 328 g/mol. The zero-order chi connectivity index (χ0) is 15.5. The van der Waals surface area contributed by atoms with Gasteiger partial charge < -0.3 is 4.74 Å². The van der Waals surface area contributed by atoms with Crippen molar-refractivity contribution in [3.05, 3.63) is 23.1 Å². The normalized spacial score (nSPS) is 17.1. The average molecular weight is 328 g/mol. The summed E-state index contributed by atoms with van der Waals surface area (Å²) < 4.78 is 28.6. The van der Waals surface area contributed by atoms with Gasteiger partial charge in [0.1, 0.15) is 4.21 Å². The van der Waals surface area contributed by atoms with Crippen molar-refractivity contribution >= 4 is 32.7 Å². The summed E-state index contributed by atoms with van der Waals surface area (Å²) in [5, 5.41) is 0. The second-order valence-corrected chi connectivity index (χ2v) is 8.56. The fourth-order valence-electron chi connectivity index (χ4n) is 2.48. The summed E-state index contributed by atoms with van der Waals surface area (Å²) >= 11 is 1.13. The van der Waals surface area contributed by atoms with Crippen molar-refractivity contribution in [2.75, 3.05) is 12.9 Å². The summed E-state index contributed by atoms with van der Waals surface area (Å²) in [7, 11) is -3.24. The molecule has 0 saturated heterocycles. The van der Waals surface area contributed by atoms with Gasteiger partial charge in [-0.1, -0.05) is 18.9 Å². The Morgan fingerprint density at radius 3 is 2.57 bits per heavy atom. The van der Waals surface area contributed by atoms with Gasteiger partial charge in [0.2, 0.25) is 0 Å². The van der Waals surface area contributed by atoms with Gasteiger partial charge in [-0.2, -0.15) is 0 Å². The molecule has 1 fully saturated rings. The van der Waals surface area contributed by atoms with Crippen LogP contribution in [0, 0.1) is 5.92 Å². The Kier molecular flexibility index (Phi) is 5.22. The van der Waals surface area contributed by atoms with Crippen molar-refractivity contribution in [1.82, 2.24) is 0 Å². The quantitative estimate of drug-likeness (QED) is 0.615. The number of esters is 1. The van der Waals surface area contributed by atoms with Crippen molar-refractivity contribution in [3.8, 4) is 0 Å². The van der Waals surface area contributed by atoms with E-state index in [-0.39, 0.29) is 10.2 Å². The van der Waals surface area contributed by atoms with Gasteiger partial charge in [-0.25, -0.2) is 13.2 Å². The minimum Gasteiger partial charge on any atom is -0.462 e. The minimum atomic E-state index is -3.24. The molecule has 0 unspecified atom stereocenters. The first-order valence-corrected chi connectivity index (χ1v) is 9.82. The molecule has 116 valence electrons. The van der Waals surface area contributed by atoms with Crippen LogP contribution in [0.15, 0.2) is 22.4 Å². The maximum absolute atomic E-state index is 12.2. The molecule has 0 amide bonds. The number of hydrogen-bond acceptors (Lipinski definition) is 5. The highest BCUT2D eigenvalue weighted by atomic mass is 32.2. The second kappa shape index (κ2) is 6.75. The summed E-state index contributed by atoms with van der Waals surface area (Å²) in [6, 6.07) is 3.25. The number of carbonyl (C=O) groups excluding carboxylic acids is 1. The van der Waals surface area contributed by atoms with E-state index < -0.39 is 9.84 Å². The van der Waals surface area contributed by atoms with Crippen molar-refractivity contribution < 1.29 is 17.9 Å². The minimum absolute atomic E-state index is 0.277. The first-order valence-electron chi connectivity index (χ1n) is 7.11. The van der Waals surface area contributed by atoms with Gasteiger partial charge in [0.15, 0.2) is 9.84 Å². The molecule has 1 heterocycles. The highest BCUT2D eigenvalue weighted by molar-refractivity contribution is 7.92. The number of thiophene rings is 1. The Balaban J connectivity index is 2.34. The zero-order valence-electron chi connectivity index (χ0n) is 12.3. The van der Waals surface area contributed by atoms with Crippen molar-refractivity contribution in [1.29, 1.82) is 0 Å². The number of ether oxygens (including phenoxy) is 1. The lowest BCUT2D eigenvalue weighted by Gasteiger charge is -2.08. The van der Waals surface area contributed by atoms with Crippen LogP contribution in [0.2, 0.25) is 0 Å². The van der Waals surface area contributed by atoms with Crippen LogP contribution >= 0.6 is 11.3 Å². The molecule has 1 aromatic heterocycles. The standard InChI is InChI=1S/C15H20O4S2/c1-3-19-15(16)12(10-11-6-4-5-7-11)13-8-9-14(20-13)21(2,17)18/h8-11H,3-7H2,1-2H3. The van der Waals surface area contributed by atoms with Gasteiger partial charge in [0, 0.05) is 11.1 Å². The van der Waals surface area contributed by atoms with E-state index >= 15 is 0 Å². The van der Waals surface area contributed by atoms with Crippen LogP contribution in [0.25, 0.3) is 5.57 Å². The van der Waals surface area contributed by atoms with E-state index in [2.05, 4.69) is 0 Å². The first kappa shape index (κ1) is 16.2. The highest BCUT2D eigenvalue weighted by Crippen LogP contribution is 2.33. The van der Waals surface area contributed by atoms with Gasteiger partial charge in [0.25, 0.3) is 0 Å². The molecule has 1 aliphatic rings. The molecule has 0 radical (unpaired) electrons. The van der Waals surface area contributed by atoms with E-state index in [4.69, 9.17) is 4.74 Å². The molecule has 1 aliphatic carbocycles. The van der Waals surface area contributed by atoms with E-state index in [1.54, 1.807) is 19.1 Å². The number of carbonyl (C=O) groups is 1. The molecule has 21 heavy (non-hydrogen) atoms. The molecule has 0 aromatic carbocycles. The molecule has 0 spiro atoms. The fraction of sp³-hybridized carbons (Fsp3) is 0.533. The Bertz CT molecular complexity index is 634. The largest absolute Gasteiger partial charge is 0.462 e. The van der Waals surface area contributed by atoms with E-state index in [0.29, 0.717) is 23.0 Å². The number of hydrogen-bond donors (Lipinski definition) is 0. The molecule has 0 atom stereocenters. The number of rotatable bonds is 5. The van der Waals surface area contributed by atoms with Gasteiger partial charge in [-0.3, -0.25) is 0 Å². The Hall–Kier alpha value is -1.14. The van der Waals surface area contributed by atoms with Crippen LogP contribution in [0.4, 0.5) is 0 Å². The van der Waals surface area contributed by atoms with Crippen LogP contribution in [-0.4, -0.2) is 27.2 Å². The van der Waals surface area contributed by atoms with E-state index in [1.807, 2.05) is 6.08 Å². The summed E-state index contributed by atoms with van der Waals surface area (Å²) in [5.74, 6) is 0.0134.